The van der Waals surface area contributed by atoms with Crippen molar-refractivity contribution in [2.75, 3.05) is 19.0 Å². The molecule has 0 radical (unpaired) electrons. The first kappa shape index (κ1) is 14.0. The van der Waals surface area contributed by atoms with Gasteiger partial charge < -0.3 is 4.90 Å². The largest absolute Gasteiger partial charge is 0.378 e. The molecule has 0 aliphatic carbocycles. The van der Waals surface area contributed by atoms with E-state index in [1.807, 2.05) is 61.5 Å². The van der Waals surface area contributed by atoms with Gasteiger partial charge in [0.2, 0.25) is 0 Å². The number of anilines is 1. The van der Waals surface area contributed by atoms with E-state index in [4.69, 9.17) is 0 Å². The van der Waals surface area contributed by atoms with Crippen LogP contribution in [-0.2, 0) is 4.79 Å². The van der Waals surface area contributed by atoms with Crippen LogP contribution in [0.1, 0.15) is 18.1 Å². The topological polar surface area (TPSA) is 33.2 Å². The number of nitrogens with zero attached hydrogens (tertiary/aromatic N) is 2. The van der Waals surface area contributed by atoms with Gasteiger partial charge in [-0.1, -0.05) is 12.1 Å². The Morgan fingerprint density at radius 3 is 2.15 bits per heavy atom. The zero-order valence-corrected chi connectivity index (χ0v) is 12.0. The molecular formula is C17H18N2O. The van der Waals surface area contributed by atoms with Crippen LogP contribution >= 0.6 is 0 Å². The number of allylic oxidation sites excluding steroid dienone is 1. The summed E-state index contributed by atoms with van der Waals surface area (Å²) in [6.07, 6.45) is 5.31. The summed E-state index contributed by atoms with van der Waals surface area (Å²) in [6, 6.07) is 11.8. The monoisotopic (exact) mass is 266 g/mol. The van der Waals surface area contributed by atoms with Gasteiger partial charge in [-0.3, -0.25) is 9.78 Å². The molecule has 1 aromatic carbocycles. The first-order valence-electron chi connectivity index (χ1n) is 6.48. The molecule has 0 amide bonds. The highest BCUT2D eigenvalue weighted by Gasteiger charge is 2.07. The van der Waals surface area contributed by atoms with E-state index in [1.165, 1.54) is 0 Å². The highest BCUT2D eigenvalue weighted by atomic mass is 16.1. The van der Waals surface area contributed by atoms with E-state index in [0.717, 1.165) is 16.8 Å². The van der Waals surface area contributed by atoms with Gasteiger partial charge in [0.05, 0.1) is 0 Å². The van der Waals surface area contributed by atoms with Gasteiger partial charge in [-0.25, -0.2) is 0 Å². The van der Waals surface area contributed by atoms with Crippen molar-refractivity contribution in [2.45, 2.75) is 6.92 Å². The van der Waals surface area contributed by atoms with Gasteiger partial charge in [0, 0.05) is 37.7 Å². The van der Waals surface area contributed by atoms with E-state index in [0.29, 0.717) is 5.57 Å². The van der Waals surface area contributed by atoms with Crippen molar-refractivity contribution < 1.29 is 4.79 Å². The van der Waals surface area contributed by atoms with Gasteiger partial charge in [0.1, 0.15) is 0 Å². The Bertz CT molecular complexity index is 613. The van der Waals surface area contributed by atoms with Crippen LogP contribution in [0.25, 0.3) is 11.6 Å². The first-order valence-corrected chi connectivity index (χ1v) is 6.48. The molecule has 1 heterocycles. The Morgan fingerprint density at radius 2 is 1.65 bits per heavy atom. The lowest BCUT2D eigenvalue weighted by molar-refractivity contribution is -0.111. The van der Waals surface area contributed by atoms with Crippen LogP contribution in [-0.4, -0.2) is 24.9 Å². The molecule has 0 saturated carbocycles. The molecule has 2 aromatic rings. The van der Waals surface area contributed by atoms with Gasteiger partial charge in [-0.05, 0) is 48.4 Å². The SMILES string of the molecule is CC(=O)C(=Cc1ccc(N(C)C)cc1)c1ccncc1. The number of hydrogen-bond donors (Lipinski definition) is 0. The summed E-state index contributed by atoms with van der Waals surface area (Å²) in [5, 5.41) is 0. The minimum absolute atomic E-state index is 0.0490. The second kappa shape index (κ2) is 6.15. The maximum absolute atomic E-state index is 11.8. The average molecular weight is 266 g/mol. The third-order valence-electron chi connectivity index (χ3n) is 3.09. The molecule has 0 unspecified atom stereocenters. The second-order valence-electron chi connectivity index (χ2n) is 4.84. The summed E-state index contributed by atoms with van der Waals surface area (Å²) >= 11 is 0. The molecule has 0 aliphatic heterocycles. The average Bonchev–Trinajstić information content (AvgIpc) is 2.46. The number of benzene rings is 1. The molecule has 0 saturated heterocycles. The molecular weight excluding hydrogens is 248 g/mol. The summed E-state index contributed by atoms with van der Waals surface area (Å²) in [6.45, 7) is 1.58. The van der Waals surface area contributed by atoms with E-state index in [1.54, 1.807) is 19.3 Å². The number of Topliss-reactive ketones (excluding diaryl/α,β-unsaturated/α-hetero) is 1. The lowest BCUT2D eigenvalue weighted by Gasteiger charge is -2.12. The van der Waals surface area contributed by atoms with Gasteiger partial charge in [-0.15, -0.1) is 0 Å². The maximum Gasteiger partial charge on any atom is 0.160 e. The predicted octanol–water partition coefficient (Wildman–Crippen LogP) is 3.28. The van der Waals surface area contributed by atoms with E-state index >= 15 is 0 Å². The molecule has 0 atom stereocenters. The summed E-state index contributed by atoms with van der Waals surface area (Å²) in [5.74, 6) is 0.0490. The van der Waals surface area contributed by atoms with Crippen molar-refractivity contribution in [3.63, 3.8) is 0 Å². The fraction of sp³-hybridized carbons (Fsp3) is 0.176. The van der Waals surface area contributed by atoms with Gasteiger partial charge in [0.15, 0.2) is 5.78 Å². The van der Waals surface area contributed by atoms with Crippen LogP contribution in [0.5, 0.6) is 0 Å². The Hall–Kier alpha value is -2.42. The van der Waals surface area contributed by atoms with E-state index < -0.39 is 0 Å². The molecule has 0 N–H and O–H groups in total. The van der Waals surface area contributed by atoms with Crippen molar-refractivity contribution >= 4 is 23.1 Å². The molecule has 1 aromatic heterocycles. The standard InChI is InChI=1S/C17H18N2O/c1-13(20)17(15-8-10-18-11-9-15)12-14-4-6-16(7-5-14)19(2)3/h4-12H,1-3H3. The minimum atomic E-state index is 0.0490. The van der Waals surface area contributed by atoms with E-state index in [-0.39, 0.29) is 5.78 Å². The molecule has 3 nitrogen and oxygen atoms in total. The second-order valence-corrected chi connectivity index (χ2v) is 4.84. The third-order valence-corrected chi connectivity index (χ3v) is 3.09. The lowest BCUT2D eigenvalue weighted by atomic mass is 10.0. The number of pyridine rings is 1. The number of ketones is 1. The highest BCUT2D eigenvalue weighted by Crippen LogP contribution is 2.20. The molecule has 0 fully saturated rings. The van der Waals surface area contributed by atoms with Gasteiger partial charge >= 0.3 is 0 Å². The maximum atomic E-state index is 11.8. The van der Waals surface area contributed by atoms with Crippen molar-refractivity contribution in [3.05, 3.63) is 59.9 Å². The zero-order valence-electron chi connectivity index (χ0n) is 12.0. The molecule has 0 bridgehead atoms. The fourth-order valence-corrected chi connectivity index (χ4v) is 1.96. The van der Waals surface area contributed by atoms with Crippen molar-refractivity contribution in [3.8, 4) is 0 Å². The predicted molar refractivity (Wildman–Crippen MR) is 83.6 cm³/mol. The van der Waals surface area contributed by atoms with Crippen LogP contribution in [0.15, 0.2) is 48.8 Å². The quantitative estimate of drug-likeness (QED) is 0.796. The number of carbonyl (C=O) groups excluding carboxylic acids is 1. The molecule has 0 spiro atoms. The first-order chi connectivity index (χ1) is 9.58. The number of aromatic nitrogens is 1. The summed E-state index contributed by atoms with van der Waals surface area (Å²) < 4.78 is 0. The smallest absolute Gasteiger partial charge is 0.160 e. The molecule has 3 heteroatoms. The molecule has 20 heavy (non-hydrogen) atoms. The number of carbonyl (C=O) groups is 1. The third kappa shape index (κ3) is 3.32. The van der Waals surface area contributed by atoms with E-state index in [2.05, 4.69) is 4.98 Å². The summed E-state index contributed by atoms with van der Waals surface area (Å²) in [5.41, 5.74) is 3.74. The molecule has 2 rings (SSSR count). The van der Waals surface area contributed by atoms with Crippen molar-refractivity contribution in [1.82, 2.24) is 4.98 Å². The summed E-state index contributed by atoms with van der Waals surface area (Å²) in [4.78, 5) is 17.9. The Balaban J connectivity index is 2.37. The van der Waals surface area contributed by atoms with Crippen LogP contribution in [0.4, 0.5) is 5.69 Å². The Kier molecular flexibility index (Phi) is 4.31. The number of rotatable bonds is 4. The van der Waals surface area contributed by atoms with Gasteiger partial charge in [0.25, 0.3) is 0 Å². The van der Waals surface area contributed by atoms with Crippen molar-refractivity contribution in [2.24, 2.45) is 0 Å². The normalized spacial score (nSPS) is 11.2. The van der Waals surface area contributed by atoms with Crippen LogP contribution in [0.2, 0.25) is 0 Å². The number of hydrogen-bond acceptors (Lipinski definition) is 3. The van der Waals surface area contributed by atoms with Crippen molar-refractivity contribution in [1.29, 1.82) is 0 Å². The fourth-order valence-electron chi connectivity index (χ4n) is 1.96. The summed E-state index contributed by atoms with van der Waals surface area (Å²) in [7, 11) is 4.01. The lowest BCUT2D eigenvalue weighted by Crippen LogP contribution is -2.07. The zero-order chi connectivity index (χ0) is 14.5. The Morgan fingerprint density at radius 1 is 1.05 bits per heavy atom. The molecule has 0 aliphatic rings. The minimum Gasteiger partial charge on any atom is -0.378 e. The van der Waals surface area contributed by atoms with Crippen LogP contribution in [0, 0.1) is 0 Å². The molecule has 102 valence electrons. The highest BCUT2D eigenvalue weighted by molar-refractivity contribution is 6.24. The van der Waals surface area contributed by atoms with E-state index in [9.17, 15) is 4.79 Å². The Labute approximate surface area is 119 Å². The van der Waals surface area contributed by atoms with Crippen LogP contribution in [0.3, 0.4) is 0 Å². The van der Waals surface area contributed by atoms with Crippen LogP contribution < -0.4 is 4.90 Å². The van der Waals surface area contributed by atoms with Gasteiger partial charge in [-0.2, -0.15) is 0 Å².